The number of hydrogen-bond acceptors (Lipinski definition) is 6. The van der Waals surface area contributed by atoms with Crippen LogP contribution < -0.4 is 9.47 Å². The first kappa shape index (κ1) is 32.1. The topological polar surface area (TPSA) is 99.6 Å². The molecular formula is C32H51N4O6+. The van der Waals surface area contributed by atoms with Gasteiger partial charge in [0.25, 0.3) is 0 Å². The Hall–Kier alpha value is -2.85. The summed E-state index contributed by atoms with van der Waals surface area (Å²) >= 11 is 0. The number of ether oxygens (including phenoxy) is 2. The Morgan fingerprint density at radius 1 is 1.12 bits per heavy atom. The lowest BCUT2D eigenvalue weighted by Crippen LogP contribution is -2.46. The van der Waals surface area contributed by atoms with E-state index in [-0.39, 0.29) is 42.5 Å². The lowest BCUT2D eigenvalue weighted by molar-refractivity contribution is -0.870. The Morgan fingerprint density at radius 3 is 2.48 bits per heavy atom. The van der Waals surface area contributed by atoms with E-state index in [0.717, 1.165) is 35.9 Å². The highest BCUT2D eigenvalue weighted by molar-refractivity contribution is 5.80. The van der Waals surface area contributed by atoms with Crippen LogP contribution in [0.4, 0.5) is 0 Å². The van der Waals surface area contributed by atoms with Gasteiger partial charge >= 0.3 is 5.97 Å². The molecule has 3 heterocycles. The van der Waals surface area contributed by atoms with Crippen LogP contribution in [0.5, 0.6) is 11.5 Å². The van der Waals surface area contributed by atoms with Crippen LogP contribution in [0.3, 0.4) is 0 Å². The van der Waals surface area contributed by atoms with Gasteiger partial charge in [-0.1, -0.05) is 33.3 Å². The number of hydrogen-bond donors (Lipinski definition) is 1. The molecule has 0 spiro atoms. The number of unbranched alkanes of at least 4 members (excludes halogenated alkanes) is 1. The van der Waals surface area contributed by atoms with E-state index in [1.54, 1.807) is 0 Å². The van der Waals surface area contributed by atoms with Crippen LogP contribution in [-0.4, -0.2) is 122 Å². The summed E-state index contributed by atoms with van der Waals surface area (Å²) in [6, 6.07) is 5.26. The number of rotatable bonds is 14. The molecule has 4 rings (SSSR count). The van der Waals surface area contributed by atoms with Crippen LogP contribution in [0.1, 0.15) is 64.4 Å². The Labute approximate surface area is 251 Å². The van der Waals surface area contributed by atoms with E-state index >= 15 is 0 Å². The van der Waals surface area contributed by atoms with E-state index in [1.165, 1.54) is 0 Å². The summed E-state index contributed by atoms with van der Waals surface area (Å²) in [6.45, 7) is 10.6. The van der Waals surface area contributed by atoms with E-state index < -0.39 is 11.9 Å². The van der Waals surface area contributed by atoms with Crippen LogP contribution in [0.2, 0.25) is 0 Å². The van der Waals surface area contributed by atoms with Gasteiger partial charge in [-0.15, -0.1) is 0 Å². The molecule has 1 N–H and O–H groups in total. The molecule has 3 unspecified atom stereocenters. The molecule has 234 valence electrons. The fraction of sp³-hybridized carbons (Fsp3) is 0.719. The number of carboxylic acids is 1. The van der Waals surface area contributed by atoms with Gasteiger partial charge in [-0.2, -0.15) is 0 Å². The van der Waals surface area contributed by atoms with Crippen molar-refractivity contribution in [3.05, 3.63) is 23.8 Å². The minimum atomic E-state index is -0.878. The minimum Gasteiger partial charge on any atom is -0.481 e. The minimum absolute atomic E-state index is 0.0451. The molecule has 0 bridgehead atoms. The summed E-state index contributed by atoms with van der Waals surface area (Å²) in [5.41, 5.74) is 0.783. The number of likely N-dealkylation sites (tertiary alicyclic amines) is 2. The summed E-state index contributed by atoms with van der Waals surface area (Å²) < 4.78 is 11.9. The first-order chi connectivity index (χ1) is 19.8. The Kier molecular flexibility index (Phi) is 10.1. The van der Waals surface area contributed by atoms with Gasteiger partial charge in [0, 0.05) is 57.5 Å². The van der Waals surface area contributed by atoms with E-state index in [4.69, 9.17) is 9.47 Å². The lowest BCUT2D eigenvalue weighted by atomic mass is 9.84. The van der Waals surface area contributed by atoms with Crippen molar-refractivity contribution in [1.29, 1.82) is 0 Å². The van der Waals surface area contributed by atoms with Crippen molar-refractivity contribution >= 4 is 17.8 Å². The molecule has 10 heteroatoms. The zero-order chi connectivity index (χ0) is 30.7. The van der Waals surface area contributed by atoms with E-state index in [9.17, 15) is 19.5 Å². The Balaban J connectivity index is 1.56. The first-order valence-corrected chi connectivity index (χ1v) is 15.5. The van der Waals surface area contributed by atoms with Gasteiger partial charge in [-0.05, 0) is 36.0 Å². The number of carbonyl (C=O) groups is 3. The molecule has 3 aliphatic rings. The molecule has 2 saturated heterocycles. The van der Waals surface area contributed by atoms with E-state index in [2.05, 4.69) is 46.8 Å². The quantitative estimate of drug-likeness (QED) is 0.334. The largest absolute Gasteiger partial charge is 0.481 e. The van der Waals surface area contributed by atoms with Crippen molar-refractivity contribution < 1.29 is 33.4 Å². The van der Waals surface area contributed by atoms with Gasteiger partial charge in [-0.25, -0.2) is 0 Å². The molecule has 2 fully saturated rings. The predicted octanol–water partition coefficient (Wildman–Crippen LogP) is 3.26. The lowest BCUT2D eigenvalue weighted by Gasteiger charge is -2.31. The highest BCUT2D eigenvalue weighted by Gasteiger charge is 2.48. The van der Waals surface area contributed by atoms with Crippen molar-refractivity contribution in [2.24, 2.45) is 11.3 Å². The number of aliphatic carboxylic acids is 1. The number of quaternary nitrogens is 1. The third-order valence-electron chi connectivity index (χ3n) is 8.88. The third-order valence-corrected chi connectivity index (χ3v) is 8.88. The van der Waals surface area contributed by atoms with Crippen LogP contribution in [0.25, 0.3) is 0 Å². The van der Waals surface area contributed by atoms with Gasteiger partial charge < -0.3 is 28.9 Å². The molecule has 42 heavy (non-hydrogen) atoms. The average Bonchev–Trinajstić information content (AvgIpc) is 3.58. The fourth-order valence-corrected chi connectivity index (χ4v) is 6.73. The highest BCUT2D eigenvalue weighted by Crippen LogP contribution is 2.43. The molecule has 1 aromatic carbocycles. The number of fused-ring (bicyclic) bond motifs is 1. The fourth-order valence-electron chi connectivity index (χ4n) is 6.73. The molecule has 0 radical (unpaired) electrons. The first-order valence-electron chi connectivity index (χ1n) is 15.5. The Morgan fingerprint density at radius 2 is 1.83 bits per heavy atom. The van der Waals surface area contributed by atoms with Gasteiger partial charge in [-0.3, -0.25) is 19.3 Å². The molecule has 0 saturated carbocycles. The number of carboxylic acid groups (broad SMARTS) is 1. The van der Waals surface area contributed by atoms with Crippen molar-refractivity contribution in [2.75, 3.05) is 73.7 Å². The van der Waals surface area contributed by atoms with Gasteiger partial charge in [0.15, 0.2) is 11.5 Å². The second-order valence-corrected chi connectivity index (χ2v) is 14.1. The van der Waals surface area contributed by atoms with Crippen molar-refractivity contribution in [2.45, 2.75) is 64.8 Å². The average molecular weight is 588 g/mol. The maximum Gasteiger partial charge on any atom is 0.308 e. The number of carbonyl (C=O) groups excluding carboxylic acids is 2. The second-order valence-electron chi connectivity index (χ2n) is 14.1. The summed E-state index contributed by atoms with van der Waals surface area (Å²) in [7, 11) is 6.46. The van der Waals surface area contributed by atoms with Crippen molar-refractivity contribution in [3.8, 4) is 11.5 Å². The summed E-state index contributed by atoms with van der Waals surface area (Å²) in [4.78, 5) is 45.3. The second kappa shape index (κ2) is 13.2. The standard InChI is InChI=1S/C32H50N4O6/c1-7-8-13-33(14-9-16-36(4,5)6)29(38)20-35-19-24(23-10-11-26-27(17-23)42-22-41-26)30(31(39)40)25(35)12-15-34-21-32(2,3)18-28(34)37/h10-11,17,24-25,30H,7-9,12-16,18-22H2,1-6H3/p+1. The van der Waals surface area contributed by atoms with E-state index in [0.29, 0.717) is 57.1 Å². The maximum atomic E-state index is 13.8. The van der Waals surface area contributed by atoms with Gasteiger partial charge in [0.1, 0.15) is 0 Å². The SMILES string of the molecule is CCCCN(CCC[N+](C)(C)C)C(=O)CN1CC(c2ccc3c(c2)OCO3)C(C(=O)O)C1CCN1CC(C)(C)CC1=O. The van der Waals surface area contributed by atoms with Crippen LogP contribution in [0, 0.1) is 11.3 Å². The molecule has 2 amide bonds. The van der Waals surface area contributed by atoms with Crippen molar-refractivity contribution in [1.82, 2.24) is 14.7 Å². The Bertz CT molecular complexity index is 1130. The molecule has 1 aromatic rings. The van der Waals surface area contributed by atoms with Crippen LogP contribution in [0.15, 0.2) is 18.2 Å². The monoisotopic (exact) mass is 587 g/mol. The zero-order valence-corrected chi connectivity index (χ0v) is 26.4. The summed E-state index contributed by atoms with van der Waals surface area (Å²) in [5, 5.41) is 10.5. The highest BCUT2D eigenvalue weighted by atomic mass is 16.7. The zero-order valence-electron chi connectivity index (χ0n) is 26.4. The molecule has 10 nitrogen and oxygen atoms in total. The summed E-state index contributed by atoms with van der Waals surface area (Å²) in [6.07, 6.45) is 3.85. The van der Waals surface area contributed by atoms with Gasteiger partial charge in [0.2, 0.25) is 18.6 Å². The molecular weight excluding hydrogens is 536 g/mol. The molecule has 3 atom stereocenters. The molecule has 3 aliphatic heterocycles. The molecule has 0 aromatic heterocycles. The third kappa shape index (κ3) is 7.95. The van der Waals surface area contributed by atoms with Crippen LogP contribution in [-0.2, 0) is 14.4 Å². The predicted molar refractivity (Wildman–Crippen MR) is 160 cm³/mol. The van der Waals surface area contributed by atoms with Gasteiger partial charge in [0.05, 0.1) is 40.2 Å². The molecule has 0 aliphatic carbocycles. The number of nitrogens with zero attached hydrogens (tertiary/aromatic N) is 4. The smallest absolute Gasteiger partial charge is 0.308 e. The number of benzene rings is 1. The number of amides is 2. The maximum absolute atomic E-state index is 13.8. The van der Waals surface area contributed by atoms with Crippen LogP contribution >= 0.6 is 0 Å². The van der Waals surface area contributed by atoms with Crippen molar-refractivity contribution in [3.63, 3.8) is 0 Å². The van der Waals surface area contributed by atoms with E-state index in [1.807, 2.05) is 28.0 Å². The summed E-state index contributed by atoms with van der Waals surface area (Å²) in [5.74, 6) is -0.476. The normalized spacial score (nSPS) is 23.5.